The van der Waals surface area contributed by atoms with Gasteiger partial charge in [-0.25, -0.2) is 9.98 Å². The second kappa shape index (κ2) is 8.85. The molecule has 29 heavy (non-hydrogen) atoms. The van der Waals surface area contributed by atoms with E-state index in [9.17, 15) is 4.79 Å². The van der Waals surface area contributed by atoms with E-state index in [2.05, 4.69) is 26.2 Å². The number of aromatic nitrogens is 1. The zero-order chi connectivity index (χ0) is 20.3. The van der Waals surface area contributed by atoms with E-state index in [1.54, 1.807) is 23.5 Å². The van der Waals surface area contributed by atoms with Crippen molar-refractivity contribution in [2.75, 3.05) is 25.6 Å². The first-order valence-electron chi connectivity index (χ1n) is 9.46. The van der Waals surface area contributed by atoms with Crippen molar-refractivity contribution in [3.05, 3.63) is 50.9 Å². The monoisotopic (exact) mass is 495 g/mol. The van der Waals surface area contributed by atoms with Crippen LogP contribution in [0.5, 0.6) is 0 Å². The maximum Gasteiger partial charge on any atom is 0.257 e. The molecule has 9 heteroatoms. The number of hydrogen-bond donors (Lipinski definition) is 1. The summed E-state index contributed by atoms with van der Waals surface area (Å²) in [7, 11) is 0. The van der Waals surface area contributed by atoms with Crippen LogP contribution in [0.3, 0.4) is 0 Å². The molecule has 2 saturated heterocycles. The number of rotatable bonds is 4. The summed E-state index contributed by atoms with van der Waals surface area (Å²) in [6.07, 6.45) is 1.65. The molecule has 0 saturated carbocycles. The number of amides is 1. The fourth-order valence-electron chi connectivity index (χ4n) is 3.37. The molecule has 2 aliphatic rings. The molecule has 1 aromatic heterocycles. The Morgan fingerprint density at radius 1 is 1.31 bits per heavy atom. The predicted molar refractivity (Wildman–Crippen MR) is 120 cm³/mol. The van der Waals surface area contributed by atoms with Crippen LogP contribution in [-0.4, -0.2) is 47.2 Å². The molecule has 2 aromatic rings. The Balaban J connectivity index is 1.62. The number of benzene rings is 1. The minimum absolute atomic E-state index is 0.165. The van der Waals surface area contributed by atoms with Crippen LogP contribution < -0.4 is 5.32 Å². The molecule has 0 bridgehead atoms. The van der Waals surface area contributed by atoms with Gasteiger partial charge in [0.1, 0.15) is 20.8 Å². The largest absolute Gasteiger partial charge is 0.375 e. The fourth-order valence-corrected chi connectivity index (χ4v) is 5.46. The molecular weight excluding hydrogens is 474 g/mol. The van der Waals surface area contributed by atoms with Crippen molar-refractivity contribution in [2.45, 2.75) is 30.9 Å². The van der Waals surface area contributed by atoms with Crippen LogP contribution in [-0.2, 0) is 15.0 Å². The molecule has 1 atom stereocenters. The number of carbonyl (C=O) groups is 1. The molecule has 3 heterocycles. The van der Waals surface area contributed by atoms with Crippen LogP contribution in [0.25, 0.3) is 0 Å². The number of nitrogens with zero attached hydrogens (tertiary/aromatic N) is 2. The van der Waals surface area contributed by atoms with Gasteiger partial charge >= 0.3 is 0 Å². The van der Waals surface area contributed by atoms with Crippen LogP contribution >= 0.6 is 39.0 Å². The first-order valence-corrected chi connectivity index (χ1v) is 12.1. The summed E-state index contributed by atoms with van der Waals surface area (Å²) in [4.78, 5) is 22.4. The maximum absolute atomic E-state index is 12.7. The third-order valence-corrected chi connectivity index (χ3v) is 7.57. The summed E-state index contributed by atoms with van der Waals surface area (Å²) >= 11 is 6.53. The molecule has 1 spiro atoms. The molecule has 1 aromatic carbocycles. The minimum atomic E-state index is -0.612. The molecule has 1 amide bonds. The lowest BCUT2D eigenvalue weighted by Crippen LogP contribution is -2.57. The van der Waals surface area contributed by atoms with Crippen LogP contribution in [0.1, 0.15) is 35.1 Å². The SMILES string of the molecule is CCSC(=N[C@]1(c2nc(Br)cs2)CCC2(COC2)OC1)NC(=O)c1ccccc1. The van der Waals surface area contributed by atoms with Crippen LogP contribution in [0, 0.1) is 0 Å². The number of carbonyl (C=O) groups excluding carboxylic acids is 1. The van der Waals surface area contributed by atoms with Gasteiger partial charge in [0.25, 0.3) is 5.91 Å². The lowest BCUT2D eigenvalue weighted by molar-refractivity contribution is -0.238. The smallest absolute Gasteiger partial charge is 0.257 e. The van der Waals surface area contributed by atoms with Crippen molar-refractivity contribution in [2.24, 2.45) is 4.99 Å². The number of aliphatic imine (C=N–C) groups is 1. The van der Waals surface area contributed by atoms with E-state index < -0.39 is 5.54 Å². The molecule has 0 radical (unpaired) electrons. The lowest BCUT2D eigenvalue weighted by atomic mass is 9.83. The van der Waals surface area contributed by atoms with Gasteiger partial charge < -0.3 is 14.8 Å². The molecule has 1 N–H and O–H groups in total. The summed E-state index contributed by atoms with van der Waals surface area (Å²) in [6.45, 7) is 3.73. The van der Waals surface area contributed by atoms with Crippen molar-refractivity contribution in [1.29, 1.82) is 0 Å². The number of thiazole rings is 1. The Labute approximate surface area is 186 Å². The zero-order valence-corrected chi connectivity index (χ0v) is 19.2. The van der Waals surface area contributed by atoms with Gasteiger partial charge in [-0.05, 0) is 46.7 Å². The molecule has 0 aliphatic carbocycles. The Kier molecular flexibility index (Phi) is 6.41. The lowest BCUT2D eigenvalue weighted by Gasteiger charge is -2.48. The van der Waals surface area contributed by atoms with Crippen molar-refractivity contribution < 1.29 is 14.3 Å². The Morgan fingerprint density at radius 2 is 2.10 bits per heavy atom. The number of amidine groups is 1. The summed E-state index contributed by atoms with van der Waals surface area (Å²) in [6, 6.07) is 9.18. The Morgan fingerprint density at radius 3 is 2.66 bits per heavy atom. The van der Waals surface area contributed by atoms with Gasteiger partial charge in [0.15, 0.2) is 5.17 Å². The van der Waals surface area contributed by atoms with Crippen LogP contribution in [0.2, 0.25) is 0 Å². The van der Waals surface area contributed by atoms with Gasteiger partial charge in [-0.15, -0.1) is 11.3 Å². The van der Waals surface area contributed by atoms with Crippen molar-refractivity contribution in [3.8, 4) is 0 Å². The van der Waals surface area contributed by atoms with Gasteiger partial charge in [-0.3, -0.25) is 4.79 Å². The first-order chi connectivity index (χ1) is 14.0. The average Bonchev–Trinajstić information content (AvgIpc) is 3.15. The summed E-state index contributed by atoms with van der Waals surface area (Å²) in [5.41, 5.74) is -0.189. The summed E-state index contributed by atoms with van der Waals surface area (Å²) in [5.74, 6) is 0.630. The zero-order valence-electron chi connectivity index (χ0n) is 16.0. The van der Waals surface area contributed by atoms with E-state index in [1.165, 1.54) is 11.8 Å². The second-order valence-electron chi connectivity index (χ2n) is 7.14. The molecule has 2 aliphatic heterocycles. The highest BCUT2D eigenvalue weighted by atomic mass is 79.9. The predicted octanol–water partition coefficient (Wildman–Crippen LogP) is 4.22. The Hall–Kier alpha value is -1.26. The number of nitrogens with one attached hydrogen (secondary N) is 1. The normalized spacial score (nSPS) is 23.6. The van der Waals surface area contributed by atoms with Gasteiger partial charge in [0.2, 0.25) is 0 Å². The van der Waals surface area contributed by atoms with Gasteiger partial charge in [-0.1, -0.05) is 36.9 Å². The number of ether oxygens (including phenoxy) is 2. The number of thioether (sulfide) groups is 1. The van der Waals surface area contributed by atoms with E-state index in [4.69, 9.17) is 14.5 Å². The minimum Gasteiger partial charge on any atom is -0.375 e. The average molecular weight is 496 g/mol. The molecule has 154 valence electrons. The highest BCUT2D eigenvalue weighted by Gasteiger charge is 2.50. The van der Waals surface area contributed by atoms with Gasteiger partial charge in [0, 0.05) is 10.9 Å². The Bertz CT molecular complexity index is 889. The van der Waals surface area contributed by atoms with Crippen LogP contribution in [0.15, 0.2) is 45.3 Å². The fraction of sp³-hybridized carbons (Fsp3) is 0.450. The van der Waals surface area contributed by atoms with E-state index in [0.717, 1.165) is 28.2 Å². The standard InChI is InChI=1S/C20H22BrN3O3S2/c1-2-28-18(23-16(25)14-6-4-3-5-7-14)24-20(17-22-15(21)10-29-17)9-8-19(27-13-20)11-26-12-19/h3-7,10H,2,8-9,11-13H2,1H3,(H,23,24,25)/t20-/m1/s1. The number of hydrogen-bond acceptors (Lipinski definition) is 7. The van der Waals surface area contributed by atoms with E-state index in [0.29, 0.717) is 30.6 Å². The number of halogens is 1. The second-order valence-corrected chi connectivity index (χ2v) is 10.1. The molecule has 4 rings (SSSR count). The quantitative estimate of drug-likeness (QED) is 0.507. The van der Waals surface area contributed by atoms with Crippen molar-refractivity contribution >= 4 is 50.1 Å². The van der Waals surface area contributed by atoms with Crippen molar-refractivity contribution in [3.63, 3.8) is 0 Å². The van der Waals surface area contributed by atoms with Crippen molar-refractivity contribution in [1.82, 2.24) is 10.3 Å². The topological polar surface area (TPSA) is 72.8 Å². The molecule has 6 nitrogen and oxygen atoms in total. The summed E-state index contributed by atoms with van der Waals surface area (Å²) < 4.78 is 12.4. The van der Waals surface area contributed by atoms with E-state index >= 15 is 0 Å². The molecule has 2 fully saturated rings. The third kappa shape index (κ3) is 4.59. The van der Waals surface area contributed by atoms with Gasteiger partial charge in [0.05, 0.1) is 19.8 Å². The van der Waals surface area contributed by atoms with Crippen LogP contribution in [0.4, 0.5) is 0 Å². The highest BCUT2D eigenvalue weighted by molar-refractivity contribution is 9.10. The summed E-state index contributed by atoms with van der Waals surface area (Å²) in [5, 5.41) is 6.43. The van der Waals surface area contributed by atoms with E-state index in [-0.39, 0.29) is 11.5 Å². The van der Waals surface area contributed by atoms with E-state index in [1.807, 2.05) is 30.5 Å². The molecule has 0 unspecified atom stereocenters. The maximum atomic E-state index is 12.7. The van der Waals surface area contributed by atoms with Gasteiger partial charge in [-0.2, -0.15) is 0 Å². The first kappa shape index (κ1) is 21.0. The highest BCUT2D eigenvalue weighted by Crippen LogP contribution is 2.44. The third-order valence-electron chi connectivity index (χ3n) is 5.07. The molecular formula is C20H22BrN3O3S2.